The van der Waals surface area contributed by atoms with Crippen LogP contribution in [0.4, 0.5) is 10.1 Å². The number of nitriles is 1. The van der Waals surface area contributed by atoms with Gasteiger partial charge in [0, 0.05) is 12.7 Å². The Kier molecular flexibility index (Phi) is 4.89. The van der Waals surface area contributed by atoms with Gasteiger partial charge in [-0.15, -0.1) is 0 Å². The number of carbonyl (C=O) groups is 1. The predicted octanol–water partition coefficient (Wildman–Crippen LogP) is 1.55. The number of nitrogens with zero attached hydrogens (tertiary/aromatic N) is 1. The molecule has 1 N–H and O–H groups in total. The molecule has 68 valence electrons. The normalized spacial score (nSPS) is 7.77. The molecule has 4 heteroatoms. The van der Waals surface area contributed by atoms with Crippen LogP contribution in [-0.4, -0.2) is 13.8 Å². The molecule has 0 bridgehead atoms. The Morgan fingerprint density at radius 1 is 1.54 bits per heavy atom. The van der Waals surface area contributed by atoms with Crippen LogP contribution in [0.1, 0.15) is 5.56 Å². The van der Waals surface area contributed by atoms with Crippen LogP contribution in [0.25, 0.3) is 0 Å². The van der Waals surface area contributed by atoms with Crippen LogP contribution in [0.5, 0.6) is 0 Å². The molecule has 1 rings (SSSR count). The molecule has 0 atom stereocenters. The Morgan fingerprint density at radius 2 is 2.15 bits per heavy atom. The van der Waals surface area contributed by atoms with E-state index in [-0.39, 0.29) is 5.56 Å². The Bertz CT molecular complexity index is 320. The Hall–Kier alpha value is -1.89. The predicted molar refractivity (Wildman–Crippen MR) is 47.8 cm³/mol. The second kappa shape index (κ2) is 5.72. The number of halogens is 1. The molecule has 0 spiro atoms. The van der Waals surface area contributed by atoms with Crippen molar-refractivity contribution in [3.8, 4) is 6.07 Å². The summed E-state index contributed by atoms with van der Waals surface area (Å²) in [4.78, 5) is 8.00. The molecule has 0 unspecified atom stereocenters. The van der Waals surface area contributed by atoms with E-state index in [1.54, 1.807) is 19.2 Å². The Balaban J connectivity index is 0.000000671. The van der Waals surface area contributed by atoms with Crippen LogP contribution in [-0.2, 0) is 4.79 Å². The first-order chi connectivity index (χ1) is 6.27. The number of hydrogen-bond acceptors (Lipinski definition) is 3. The summed E-state index contributed by atoms with van der Waals surface area (Å²) in [5.41, 5.74) is 0.805. The van der Waals surface area contributed by atoms with Gasteiger partial charge in [-0.1, -0.05) is 0 Å². The van der Waals surface area contributed by atoms with E-state index in [4.69, 9.17) is 10.1 Å². The minimum Gasteiger partial charge on any atom is -0.388 e. The summed E-state index contributed by atoms with van der Waals surface area (Å²) < 4.78 is 12.7. The summed E-state index contributed by atoms with van der Waals surface area (Å²) in [5, 5.41) is 11.2. The van der Waals surface area contributed by atoms with E-state index in [1.807, 2.05) is 6.79 Å². The van der Waals surface area contributed by atoms with Crippen LogP contribution >= 0.6 is 0 Å². The molecule has 0 aliphatic heterocycles. The van der Waals surface area contributed by atoms with Crippen LogP contribution in [0.15, 0.2) is 18.2 Å². The SMILES string of the molecule is C=O.CNc1ccc(F)c(C#N)c1. The van der Waals surface area contributed by atoms with Crippen molar-refractivity contribution in [1.82, 2.24) is 0 Å². The van der Waals surface area contributed by atoms with Gasteiger partial charge < -0.3 is 10.1 Å². The van der Waals surface area contributed by atoms with Crippen LogP contribution < -0.4 is 5.32 Å². The lowest BCUT2D eigenvalue weighted by atomic mass is 10.2. The highest BCUT2D eigenvalue weighted by Crippen LogP contribution is 2.12. The van der Waals surface area contributed by atoms with Gasteiger partial charge in [-0.25, -0.2) is 4.39 Å². The minimum absolute atomic E-state index is 0.0665. The van der Waals surface area contributed by atoms with E-state index < -0.39 is 5.82 Å². The third kappa shape index (κ3) is 2.91. The highest BCUT2D eigenvalue weighted by atomic mass is 19.1. The molecule has 0 saturated carbocycles. The first kappa shape index (κ1) is 11.1. The van der Waals surface area contributed by atoms with Gasteiger partial charge in [0.1, 0.15) is 18.7 Å². The quantitative estimate of drug-likeness (QED) is 0.713. The largest absolute Gasteiger partial charge is 0.388 e. The molecule has 0 amide bonds. The highest BCUT2D eigenvalue weighted by molar-refractivity contribution is 5.49. The van der Waals surface area contributed by atoms with Gasteiger partial charge >= 0.3 is 0 Å². The molecular formula is C9H9FN2O. The van der Waals surface area contributed by atoms with Crippen molar-refractivity contribution in [2.24, 2.45) is 0 Å². The van der Waals surface area contributed by atoms with Crippen molar-refractivity contribution in [2.75, 3.05) is 12.4 Å². The Labute approximate surface area is 75.8 Å². The zero-order chi connectivity index (χ0) is 10.3. The maximum atomic E-state index is 12.7. The van der Waals surface area contributed by atoms with Gasteiger partial charge in [0.05, 0.1) is 5.56 Å². The average molecular weight is 180 g/mol. The topological polar surface area (TPSA) is 52.9 Å². The summed E-state index contributed by atoms with van der Waals surface area (Å²) in [6.45, 7) is 2.00. The maximum absolute atomic E-state index is 12.7. The Morgan fingerprint density at radius 3 is 2.62 bits per heavy atom. The van der Waals surface area contributed by atoms with Gasteiger partial charge in [0.15, 0.2) is 0 Å². The third-order valence-corrected chi connectivity index (χ3v) is 1.38. The summed E-state index contributed by atoms with van der Waals surface area (Å²) in [5.74, 6) is -0.480. The molecule has 0 aliphatic carbocycles. The molecule has 13 heavy (non-hydrogen) atoms. The molecule has 0 radical (unpaired) electrons. The molecule has 0 fully saturated rings. The fourth-order valence-electron chi connectivity index (χ4n) is 0.766. The van der Waals surface area contributed by atoms with Crippen molar-refractivity contribution in [3.63, 3.8) is 0 Å². The van der Waals surface area contributed by atoms with Crippen molar-refractivity contribution in [3.05, 3.63) is 29.6 Å². The molecule has 1 aromatic rings. The van der Waals surface area contributed by atoms with Crippen molar-refractivity contribution in [2.45, 2.75) is 0 Å². The van der Waals surface area contributed by atoms with Crippen molar-refractivity contribution >= 4 is 12.5 Å². The fourth-order valence-corrected chi connectivity index (χ4v) is 0.766. The van der Waals surface area contributed by atoms with Gasteiger partial charge in [-0.2, -0.15) is 5.26 Å². The standard InChI is InChI=1S/C8H7FN2.CH2O/c1-11-7-2-3-8(9)6(4-7)5-10;1-2/h2-4,11H,1H3;1H2. The summed E-state index contributed by atoms with van der Waals surface area (Å²) in [6, 6.07) is 6.07. The van der Waals surface area contributed by atoms with Crippen LogP contribution in [0, 0.1) is 17.1 Å². The van der Waals surface area contributed by atoms with Crippen LogP contribution in [0.3, 0.4) is 0 Å². The lowest BCUT2D eigenvalue weighted by Gasteiger charge is -1.99. The van der Waals surface area contributed by atoms with E-state index in [0.717, 1.165) is 5.69 Å². The summed E-state index contributed by atoms with van der Waals surface area (Å²) in [6.07, 6.45) is 0. The van der Waals surface area contributed by atoms with E-state index in [2.05, 4.69) is 5.32 Å². The molecule has 3 nitrogen and oxygen atoms in total. The molecule has 1 aromatic carbocycles. The lowest BCUT2D eigenvalue weighted by Crippen LogP contribution is -1.90. The van der Waals surface area contributed by atoms with Crippen molar-refractivity contribution < 1.29 is 9.18 Å². The third-order valence-electron chi connectivity index (χ3n) is 1.38. The van der Waals surface area contributed by atoms with Gasteiger partial charge in [0.2, 0.25) is 0 Å². The first-order valence-electron chi connectivity index (χ1n) is 3.44. The molecule has 0 aliphatic rings. The minimum atomic E-state index is -0.480. The zero-order valence-electron chi connectivity index (χ0n) is 7.17. The lowest BCUT2D eigenvalue weighted by molar-refractivity contribution is -0.0979. The van der Waals surface area contributed by atoms with E-state index in [0.29, 0.717) is 0 Å². The number of hydrogen-bond donors (Lipinski definition) is 1. The fraction of sp³-hybridized carbons (Fsp3) is 0.111. The molecule has 0 heterocycles. The zero-order valence-corrected chi connectivity index (χ0v) is 7.17. The molecule has 0 saturated heterocycles. The first-order valence-corrected chi connectivity index (χ1v) is 3.44. The second-order valence-electron chi connectivity index (χ2n) is 2.06. The smallest absolute Gasteiger partial charge is 0.141 e. The average Bonchev–Trinajstić information content (AvgIpc) is 2.22. The second-order valence-corrected chi connectivity index (χ2v) is 2.06. The van der Waals surface area contributed by atoms with E-state index >= 15 is 0 Å². The monoisotopic (exact) mass is 180 g/mol. The van der Waals surface area contributed by atoms with E-state index in [9.17, 15) is 4.39 Å². The number of nitrogens with one attached hydrogen (secondary N) is 1. The molecular weight excluding hydrogens is 171 g/mol. The summed E-state index contributed by atoms with van der Waals surface area (Å²) >= 11 is 0. The molecule has 0 aromatic heterocycles. The number of carbonyl (C=O) groups excluding carboxylic acids is 1. The number of anilines is 1. The number of rotatable bonds is 1. The van der Waals surface area contributed by atoms with Gasteiger partial charge in [-0.05, 0) is 18.2 Å². The maximum Gasteiger partial charge on any atom is 0.141 e. The number of benzene rings is 1. The van der Waals surface area contributed by atoms with Gasteiger partial charge in [-0.3, -0.25) is 0 Å². The van der Waals surface area contributed by atoms with Crippen molar-refractivity contribution in [1.29, 1.82) is 5.26 Å². The summed E-state index contributed by atoms with van der Waals surface area (Å²) in [7, 11) is 1.72. The van der Waals surface area contributed by atoms with Gasteiger partial charge in [0.25, 0.3) is 0 Å². The van der Waals surface area contributed by atoms with E-state index in [1.165, 1.54) is 12.1 Å². The van der Waals surface area contributed by atoms with Crippen LogP contribution in [0.2, 0.25) is 0 Å². The highest BCUT2D eigenvalue weighted by Gasteiger charge is 1.99.